The molecule has 6 nitrogen and oxygen atoms in total. The molecule has 0 aliphatic carbocycles. The van der Waals surface area contributed by atoms with Gasteiger partial charge in [0.15, 0.2) is 0 Å². The van der Waals surface area contributed by atoms with E-state index in [4.69, 9.17) is 5.11 Å². The van der Waals surface area contributed by atoms with Gasteiger partial charge in [-0.15, -0.1) is 6.58 Å². The monoisotopic (exact) mass is 218 g/mol. The van der Waals surface area contributed by atoms with Gasteiger partial charge in [0.1, 0.15) is 11.0 Å². The standard InChI is InChI=1S/C10H10N4O2/c1-2-3-12-14-9-4-7(10(15)16)5-11-8(9)6-13-14/h2,4-6,12H,1,3H2,(H,15,16). The molecule has 2 rings (SSSR count). The molecule has 0 aromatic carbocycles. The predicted molar refractivity (Wildman–Crippen MR) is 58.9 cm³/mol. The van der Waals surface area contributed by atoms with Crippen molar-refractivity contribution in [2.24, 2.45) is 0 Å². The number of carboxylic acid groups (broad SMARTS) is 1. The van der Waals surface area contributed by atoms with Crippen molar-refractivity contribution in [2.75, 3.05) is 12.0 Å². The topological polar surface area (TPSA) is 80.0 Å². The van der Waals surface area contributed by atoms with E-state index in [1.807, 2.05) is 0 Å². The molecule has 0 bridgehead atoms. The lowest BCUT2D eigenvalue weighted by Crippen LogP contribution is -2.15. The zero-order valence-electron chi connectivity index (χ0n) is 8.42. The molecule has 2 N–H and O–H groups in total. The smallest absolute Gasteiger partial charge is 0.337 e. The van der Waals surface area contributed by atoms with E-state index in [1.54, 1.807) is 12.3 Å². The van der Waals surface area contributed by atoms with E-state index < -0.39 is 5.97 Å². The molecule has 0 spiro atoms. The summed E-state index contributed by atoms with van der Waals surface area (Å²) >= 11 is 0. The Balaban J connectivity index is 2.46. The first-order valence-electron chi connectivity index (χ1n) is 4.64. The summed E-state index contributed by atoms with van der Waals surface area (Å²) in [4.78, 5) is 16.3. The Morgan fingerprint density at radius 1 is 1.62 bits per heavy atom. The third-order valence-corrected chi connectivity index (χ3v) is 2.05. The first-order chi connectivity index (χ1) is 7.72. The molecule has 0 saturated carbocycles. The number of nitrogens with one attached hydrogen (secondary N) is 1. The van der Waals surface area contributed by atoms with Crippen LogP contribution in [-0.2, 0) is 0 Å². The van der Waals surface area contributed by atoms with Crippen LogP contribution in [0.5, 0.6) is 0 Å². The molecule has 6 heteroatoms. The fourth-order valence-electron chi connectivity index (χ4n) is 1.30. The summed E-state index contributed by atoms with van der Waals surface area (Å²) in [6.45, 7) is 4.11. The van der Waals surface area contributed by atoms with Crippen LogP contribution in [-0.4, -0.2) is 32.5 Å². The van der Waals surface area contributed by atoms with Crippen molar-refractivity contribution in [3.05, 3.63) is 36.7 Å². The molecule has 0 atom stereocenters. The molecular weight excluding hydrogens is 208 g/mol. The molecule has 0 saturated heterocycles. The molecule has 0 unspecified atom stereocenters. The van der Waals surface area contributed by atoms with Gasteiger partial charge in [0, 0.05) is 6.20 Å². The summed E-state index contributed by atoms with van der Waals surface area (Å²) in [5.74, 6) is -1.01. The summed E-state index contributed by atoms with van der Waals surface area (Å²) in [5.41, 5.74) is 4.34. The Kier molecular flexibility index (Phi) is 2.55. The molecule has 0 amide bonds. The lowest BCUT2D eigenvalue weighted by atomic mass is 10.2. The van der Waals surface area contributed by atoms with Crippen LogP contribution in [0.15, 0.2) is 31.1 Å². The normalized spacial score (nSPS) is 10.2. The van der Waals surface area contributed by atoms with Crippen molar-refractivity contribution < 1.29 is 9.90 Å². The van der Waals surface area contributed by atoms with Gasteiger partial charge in [0.2, 0.25) is 0 Å². The van der Waals surface area contributed by atoms with Crippen molar-refractivity contribution in [1.29, 1.82) is 0 Å². The number of pyridine rings is 1. The third kappa shape index (κ3) is 1.72. The number of hydrogen-bond donors (Lipinski definition) is 2. The molecule has 82 valence electrons. The second-order valence-electron chi connectivity index (χ2n) is 3.14. The Labute approximate surface area is 91.2 Å². The Morgan fingerprint density at radius 3 is 3.12 bits per heavy atom. The lowest BCUT2D eigenvalue weighted by molar-refractivity contribution is 0.0696. The van der Waals surface area contributed by atoms with E-state index in [9.17, 15) is 4.79 Å². The highest BCUT2D eigenvalue weighted by molar-refractivity contribution is 5.91. The molecule has 2 heterocycles. The maximum Gasteiger partial charge on any atom is 0.337 e. The number of hydrogen-bond acceptors (Lipinski definition) is 4. The second-order valence-corrected chi connectivity index (χ2v) is 3.14. The maximum absolute atomic E-state index is 10.8. The minimum atomic E-state index is -1.01. The quantitative estimate of drug-likeness (QED) is 0.744. The van der Waals surface area contributed by atoms with Gasteiger partial charge in [0.05, 0.1) is 18.3 Å². The Morgan fingerprint density at radius 2 is 2.44 bits per heavy atom. The van der Waals surface area contributed by atoms with E-state index in [-0.39, 0.29) is 5.56 Å². The highest BCUT2D eigenvalue weighted by Gasteiger charge is 2.08. The lowest BCUT2D eigenvalue weighted by Gasteiger charge is -2.04. The van der Waals surface area contributed by atoms with Crippen molar-refractivity contribution in [1.82, 2.24) is 14.9 Å². The van der Waals surface area contributed by atoms with Gasteiger partial charge in [-0.05, 0) is 6.07 Å². The van der Waals surface area contributed by atoms with Gasteiger partial charge >= 0.3 is 5.97 Å². The number of aromatic carboxylic acids is 1. The van der Waals surface area contributed by atoms with Crippen LogP contribution in [0.2, 0.25) is 0 Å². The summed E-state index contributed by atoms with van der Waals surface area (Å²) in [6, 6.07) is 1.52. The van der Waals surface area contributed by atoms with E-state index >= 15 is 0 Å². The third-order valence-electron chi connectivity index (χ3n) is 2.05. The van der Waals surface area contributed by atoms with Gasteiger partial charge in [-0.2, -0.15) is 9.89 Å². The zero-order chi connectivity index (χ0) is 11.5. The minimum absolute atomic E-state index is 0.134. The highest BCUT2D eigenvalue weighted by atomic mass is 16.4. The zero-order valence-corrected chi connectivity index (χ0v) is 8.42. The average molecular weight is 218 g/mol. The van der Waals surface area contributed by atoms with Crippen LogP contribution in [0.4, 0.5) is 0 Å². The minimum Gasteiger partial charge on any atom is -0.478 e. The SMILES string of the molecule is C=CCNn1ncc2ncc(C(=O)O)cc21. The molecule has 0 aliphatic rings. The van der Waals surface area contributed by atoms with Gasteiger partial charge < -0.3 is 10.5 Å². The molecule has 0 aliphatic heterocycles. The van der Waals surface area contributed by atoms with Crippen LogP contribution >= 0.6 is 0 Å². The number of rotatable bonds is 4. The molecule has 2 aromatic heterocycles. The fourth-order valence-corrected chi connectivity index (χ4v) is 1.30. The first kappa shape index (κ1) is 10.2. The number of carbonyl (C=O) groups is 1. The number of aromatic nitrogens is 3. The Bertz CT molecular complexity index is 547. The second kappa shape index (κ2) is 4.01. The molecule has 0 radical (unpaired) electrons. The first-order valence-corrected chi connectivity index (χ1v) is 4.64. The van der Waals surface area contributed by atoms with Crippen LogP contribution in [0.1, 0.15) is 10.4 Å². The van der Waals surface area contributed by atoms with Gasteiger partial charge in [-0.25, -0.2) is 4.79 Å². The van der Waals surface area contributed by atoms with Crippen LogP contribution in [0, 0.1) is 0 Å². The fraction of sp³-hybridized carbons (Fsp3) is 0.100. The van der Waals surface area contributed by atoms with Crippen molar-refractivity contribution in [3.63, 3.8) is 0 Å². The van der Waals surface area contributed by atoms with Gasteiger partial charge in [-0.1, -0.05) is 6.08 Å². The molecule has 0 fully saturated rings. The summed E-state index contributed by atoms with van der Waals surface area (Å²) in [5, 5.41) is 12.9. The van der Waals surface area contributed by atoms with E-state index in [2.05, 4.69) is 22.1 Å². The Hall–Kier alpha value is -2.37. The number of carboxylic acids is 1. The predicted octanol–water partition coefficient (Wildman–Crippen LogP) is 0.859. The van der Waals surface area contributed by atoms with Crippen molar-refractivity contribution in [3.8, 4) is 0 Å². The van der Waals surface area contributed by atoms with Crippen molar-refractivity contribution >= 4 is 17.0 Å². The number of fused-ring (bicyclic) bond motifs is 1. The molecule has 2 aromatic rings. The van der Waals surface area contributed by atoms with E-state index in [0.29, 0.717) is 17.6 Å². The van der Waals surface area contributed by atoms with Crippen molar-refractivity contribution in [2.45, 2.75) is 0 Å². The van der Waals surface area contributed by atoms with E-state index in [0.717, 1.165) is 0 Å². The summed E-state index contributed by atoms with van der Waals surface area (Å²) < 4.78 is 0. The van der Waals surface area contributed by atoms with Crippen LogP contribution in [0.25, 0.3) is 11.0 Å². The highest BCUT2D eigenvalue weighted by Crippen LogP contribution is 2.11. The molecular formula is C10H10N4O2. The number of nitrogens with zero attached hydrogens (tertiary/aromatic N) is 3. The molecule has 16 heavy (non-hydrogen) atoms. The van der Waals surface area contributed by atoms with Crippen LogP contribution < -0.4 is 5.43 Å². The summed E-state index contributed by atoms with van der Waals surface area (Å²) in [7, 11) is 0. The maximum atomic E-state index is 10.8. The van der Waals surface area contributed by atoms with Gasteiger partial charge in [0.25, 0.3) is 0 Å². The van der Waals surface area contributed by atoms with Crippen LogP contribution in [0.3, 0.4) is 0 Å². The average Bonchev–Trinajstić information content (AvgIpc) is 2.68. The largest absolute Gasteiger partial charge is 0.478 e. The van der Waals surface area contributed by atoms with Gasteiger partial charge in [-0.3, -0.25) is 4.98 Å². The van der Waals surface area contributed by atoms with E-state index in [1.165, 1.54) is 17.1 Å². The summed E-state index contributed by atoms with van der Waals surface area (Å²) in [6.07, 6.45) is 4.56.